The third-order valence-electron chi connectivity index (χ3n) is 3.00. The van der Waals surface area contributed by atoms with Gasteiger partial charge in [-0.3, -0.25) is 4.98 Å². The standard InChI is InChI=1S/C12H20N4O/c1-2-6-17-12-9-14-8-11(15-12)16-5-3-4-10(16)7-13/h8-10H,2-7,13H2,1H3. The molecule has 17 heavy (non-hydrogen) atoms. The molecule has 0 saturated carbocycles. The Hall–Kier alpha value is -1.36. The lowest BCUT2D eigenvalue weighted by atomic mass is 10.2. The van der Waals surface area contributed by atoms with Gasteiger partial charge in [0.05, 0.1) is 19.0 Å². The Morgan fingerprint density at radius 3 is 3.18 bits per heavy atom. The second-order valence-corrected chi connectivity index (χ2v) is 4.29. The highest BCUT2D eigenvalue weighted by atomic mass is 16.5. The van der Waals surface area contributed by atoms with Crippen LogP contribution in [0, 0.1) is 0 Å². The van der Waals surface area contributed by atoms with Crippen LogP contribution in [0.15, 0.2) is 12.4 Å². The summed E-state index contributed by atoms with van der Waals surface area (Å²) < 4.78 is 5.49. The van der Waals surface area contributed by atoms with Crippen molar-refractivity contribution in [3.05, 3.63) is 12.4 Å². The Morgan fingerprint density at radius 2 is 2.41 bits per heavy atom. The largest absolute Gasteiger partial charge is 0.477 e. The highest BCUT2D eigenvalue weighted by Gasteiger charge is 2.24. The fraction of sp³-hybridized carbons (Fsp3) is 0.667. The molecule has 1 aliphatic heterocycles. The Kier molecular flexibility index (Phi) is 4.14. The minimum Gasteiger partial charge on any atom is -0.477 e. The van der Waals surface area contributed by atoms with E-state index in [0.29, 0.717) is 25.1 Å². The summed E-state index contributed by atoms with van der Waals surface area (Å²) >= 11 is 0. The molecule has 2 rings (SSSR count). The molecule has 2 heterocycles. The predicted molar refractivity (Wildman–Crippen MR) is 67.2 cm³/mol. The second-order valence-electron chi connectivity index (χ2n) is 4.29. The van der Waals surface area contributed by atoms with Crippen molar-refractivity contribution in [2.75, 3.05) is 24.6 Å². The summed E-state index contributed by atoms with van der Waals surface area (Å²) in [5, 5.41) is 0. The molecule has 1 atom stereocenters. The van der Waals surface area contributed by atoms with E-state index in [-0.39, 0.29) is 0 Å². The minimum absolute atomic E-state index is 0.394. The first-order chi connectivity index (χ1) is 8.35. The van der Waals surface area contributed by atoms with Crippen molar-refractivity contribution in [2.24, 2.45) is 5.73 Å². The molecule has 0 bridgehead atoms. The van der Waals surface area contributed by atoms with Gasteiger partial charge in [-0.1, -0.05) is 6.92 Å². The van der Waals surface area contributed by atoms with E-state index in [4.69, 9.17) is 10.5 Å². The molecule has 2 N–H and O–H groups in total. The molecule has 1 aromatic rings. The Bertz CT molecular complexity index is 358. The van der Waals surface area contributed by atoms with Gasteiger partial charge in [0.1, 0.15) is 0 Å². The highest BCUT2D eigenvalue weighted by Crippen LogP contribution is 2.23. The van der Waals surface area contributed by atoms with Gasteiger partial charge in [-0.25, -0.2) is 0 Å². The first kappa shape index (κ1) is 12.1. The topological polar surface area (TPSA) is 64.3 Å². The molecule has 0 aliphatic carbocycles. The predicted octanol–water partition coefficient (Wildman–Crippen LogP) is 1.19. The molecule has 1 aromatic heterocycles. The van der Waals surface area contributed by atoms with Crippen LogP contribution in [0.5, 0.6) is 5.88 Å². The molecule has 1 saturated heterocycles. The monoisotopic (exact) mass is 236 g/mol. The zero-order valence-electron chi connectivity index (χ0n) is 10.3. The third-order valence-corrected chi connectivity index (χ3v) is 3.00. The van der Waals surface area contributed by atoms with Crippen LogP contribution in [0.3, 0.4) is 0 Å². The zero-order chi connectivity index (χ0) is 12.1. The number of aromatic nitrogens is 2. The van der Waals surface area contributed by atoms with E-state index in [9.17, 15) is 0 Å². The van der Waals surface area contributed by atoms with Crippen LogP contribution in [0.1, 0.15) is 26.2 Å². The average Bonchev–Trinajstić information content (AvgIpc) is 2.85. The van der Waals surface area contributed by atoms with Gasteiger partial charge in [-0.15, -0.1) is 0 Å². The van der Waals surface area contributed by atoms with E-state index in [2.05, 4.69) is 21.8 Å². The maximum absolute atomic E-state index is 5.76. The molecule has 1 fully saturated rings. The van der Waals surface area contributed by atoms with E-state index in [1.165, 1.54) is 6.42 Å². The lowest BCUT2D eigenvalue weighted by Gasteiger charge is -2.24. The quantitative estimate of drug-likeness (QED) is 0.832. The fourth-order valence-corrected chi connectivity index (χ4v) is 2.14. The molecule has 5 nitrogen and oxygen atoms in total. The number of nitrogens with zero attached hydrogens (tertiary/aromatic N) is 3. The molecule has 1 aliphatic rings. The van der Waals surface area contributed by atoms with E-state index in [0.717, 1.165) is 25.2 Å². The maximum Gasteiger partial charge on any atom is 0.234 e. The van der Waals surface area contributed by atoms with Crippen LogP contribution in [-0.2, 0) is 0 Å². The van der Waals surface area contributed by atoms with Gasteiger partial charge < -0.3 is 15.4 Å². The van der Waals surface area contributed by atoms with Gasteiger partial charge in [-0.2, -0.15) is 4.98 Å². The minimum atomic E-state index is 0.394. The van der Waals surface area contributed by atoms with Crippen molar-refractivity contribution < 1.29 is 4.74 Å². The van der Waals surface area contributed by atoms with Crippen LogP contribution >= 0.6 is 0 Å². The van der Waals surface area contributed by atoms with Gasteiger partial charge in [0, 0.05) is 19.1 Å². The van der Waals surface area contributed by atoms with Crippen molar-refractivity contribution in [1.29, 1.82) is 0 Å². The van der Waals surface area contributed by atoms with E-state index in [1.54, 1.807) is 12.4 Å². The summed E-state index contributed by atoms with van der Waals surface area (Å²) in [6.07, 6.45) is 6.72. The van der Waals surface area contributed by atoms with Gasteiger partial charge >= 0.3 is 0 Å². The summed E-state index contributed by atoms with van der Waals surface area (Å²) in [5.41, 5.74) is 5.76. The van der Waals surface area contributed by atoms with Crippen LogP contribution < -0.4 is 15.4 Å². The van der Waals surface area contributed by atoms with Crippen molar-refractivity contribution >= 4 is 5.82 Å². The number of rotatable bonds is 5. The SMILES string of the molecule is CCCOc1cncc(N2CCCC2CN)n1. The van der Waals surface area contributed by atoms with Crippen molar-refractivity contribution in [1.82, 2.24) is 9.97 Å². The van der Waals surface area contributed by atoms with E-state index in [1.807, 2.05) is 0 Å². The number of ether oxygens (including phenoxy) is 1. The lowest BCUT2D eigenvalue weighted by molar-refractivity contribution is 0.304. The summed E-state index contributed by atoms with van der Waals surface area (Å²) in [5.74, 6) is 1.48. The zero-order valence-corrected chi connectivity index (χ0v) is 10.3. The summed E-state index contributed by atoms with van der Waals surface area (Å²) in [6.45, 7) is 4.43. The Labute approximate surface area is 102 Å². The third kappa shape index (κ3) is 2.85. The average molecular weight is 236 g/mol. The maximum atomic E-state index is 5.76. The number of nitrogens with two attached hydrogens (primary N) is 1. The first-order valence-corrected chi connectivity index (χ1v) is 6.26. The van der Waals surface area contributed by atoms with E-state index < -0.39 is 0 Å². The van der Waals surface area contributed by atoms with Crippen LogP contribution in [-0.4, -0.2) is 35.7 Å². The fourth-order valence-electron chi connectivity index (χ4n) is 2.14. The van der Waals surface area contributed by atoms with E-state index >= 15 is 0 Å². The molecule has 0 radical (unpaired) electrons. The van der Waals surface area contributed by atoms with Crippen molar-refractivity contribution in [2.45, 2.75) is 32.2 Å². The van der Waals surface area contributed by atoms with Crippen LogP contribution in [0.25, 0.3) is 0 Å². The van der Waals surface area contributed by atoms with Crippen molar-refractivity contribution in [3.63, 3.8) is 0 Å². The molecule has 0 amide bonds. The first-order valence-electron chi connectivity index (χ1n) is 6.26. The number of hydrogen-bond acceptors (Lipinski definition) is 5. The molecule has 5 heteroatoms. The van der Waals surface area contributed by atoms with Gasteiger partial charge in [0.2, 0.25) is 5.88 Å². The second kappa shape index (κ2) is 5.82. The van der Waals surface area contributed by atoms with Gasteiger partial charge in [0.25, 0.3) is 0 Å². The Balaban J connectivity index is 2.09. The smallest absolute Gasteiger partial charge is 0.234 e. The lowest BCUT2D eigenvalue weighted by Crippen LogP contribution is -2.36. The van der Waals surface area contributed by atoms with Crippen molar-refractivity contribution in [3.8, 4) is 5.88 Å². The summed E-state index contributed by atoms with van der Waals surface area (Å²) in [7, 11) is 0. The normalized spacial score (nSPS) is 19.6. The highest BCUT2D eigenvalue weighted by molar-refractivity contribution is 5.40. The molecular formula is C12H20N4O. The molecule has 0 spiro atoms. The number of anilines is 1. The molecule has 94 valence electrons. The van der Waals surface area contributed by atoms with Gasteiger partial charge in [-0.05, 0) is 19.3 Å². The summed E-state index contributed by atoms with van der Waals surface area (Å²) in [6, 6.07) is 0.394. The Morgan fingerprint density at radius 1 is 1.53 bits per heavy atom. The molecule has 1 unspecified atom stereocenters. The molecular weight excluding hydrogens is 216 g/mol. The van der Waals surface area contributed by atoms with Crippen LogP contribution in [0.4, 0.5) is 5.82 Å². The number of hydrogen-bond donors (Lipinski definition) is 1. The summed E-state index contributed by atoms with van der Waals surface area (Å²) in [4.78, 5) is 10.9. The van der Waals surface area contributed by atoms with Crippen LogP contribution in [0.2, 0.25) is 0 Å². The molecule has 0 aromatic carbocycles. The van der Waals surface area contributed by atoms with Gasteiger partial charge in [0.15, 0.2) is 5.82 Å².